The van der Waals surface area contributed by atoms with Crippen molar-refractivity contribution in [1.29, 1.82) is 0 Å². The Balaban J connectivity index is 1.47. The van der Waals surface area contributed by atoms with Crippen LogP contribution < -0.4 is 10.6 Å². The fourth-order valence-electron chi connectivity index (χ4n) is 3.75. The molecular formula is C22H21FN4O2S. The quantitative estimate of drug-likeness (QED) is 0.585. The van der Waals surface area contributed by atoms with Crippen LogP contribution in [-0.2, 0) is 17.0 Å². The number of benzene rings is 2. The number of nitrogens with zero attached hydrogens (tertiary/aromatic N) is 4. The maximum Gasteiger partial charge on any atom is 0.264 e. The van der Waals surface area contributed by atoms with Gasteiger partial charge >= 0.3 is 0 Å². The molecule has 1 aromatic heterocycles. The molecule has 2 aliphatic rings. The number of hydrogen-bond acceptors (Lipinski definition) is 6. The van der Waals surface area contributed by atoms with Crippen LogP contribution in [0.4, 0.5) is 10.2 Å². The summed E-state index contributed by atoms with van der Waals surface area (Å²) in [4.78, 5) is 18.0. The van der Waals surface area contributed by atoms with Crippen molar-refractivity contribution in [3.63, 3.8) is 0 Å². The van der Waals surface area contributed by atoms with Gasteiger partial charge in [0, 0.05) is 5.75 Å². The van der Waals surface area contributed by atoms with Crippen LogP contribution >= 0.6 is 11.9 Å². The van der Waals surface area contributed by atoms with E-state index in [1.165, 1.54) is 12.1 Å². The zero-order valence-electron chi connectivity index (χ0n) is 16.5. The maximum absolute atomic E-state index is 13.5. The Kier molecular flexibility index (Phi) is 5.06. The lowest BCUT2D eigenvalue weighted by Crippen LogP contribution is -2.53. The van der Waals surface area contributed by atoms with Crippen LogP contribution in [0.2, 0.25) is 0 Å². The summed E-state index contributed by atoms with van der Waals surface area (Å²) in [6.07, 6.45) is 1.61. The van der Waals surface area contributed by atoms with E-state index in [0.29, 0.717) is 36.9 Å². The Bertz CT molecular complexity index is 1150. The van der Waals surface area contributed by atoms with Gasteiger partial charge in [-0.3, -0.25) is 14.4 Å². The number of hydrazine groups is 1. The molecule has 2 aromatic carbocycles. The average molecular weight is 425 g/mol. The highest BCUT2D eigenvalue weighted by Crippen LogP contribution is 2.36. The minimum absolute atomic E-state index is 0.0617. The molecular weight excluding hydrogens is 403 g/mol. The molecule has 0 amide bonds. The lowest BCUT2D eigenvalue weighted by Gasteiger charge is -2.39. The van der Waals surface area contributed by atoms with Gasteiger partial charge in [0.05, 0.1) is 37.1 Å². The van der Waals surface area contributed by atoms with Gasteiger partial charge in [-0.05, 0) is 36.2 Å². The fraction of sp³-hybridized carbons (Fsp3) is 0.273. The van der Waals surface area contributed by atoms with Gasteiger partial charge in [-0.1, -0.05) is 42.3 Å². The minimum Gasteiger partial charge on any atom is -0.377 e. The Labute approximate surface area is 178 Å². The van der Waals surface area contributed by atoms with Crippen LogP contribution in [0.5, 0.6) is 0 Å². The van der Waals surface area contributed by atoms with Crippen molar-refractivity contribution < 1.29 is 9.13 Å². The van der Waals surface area contributed by atoms with Crippen molar-refractivity contribution in [2.45, 2.75) is 25.3 Å². The Morgan fingerprint density at radius 1 is 1.20 bits per heavy atom. The molecule has 5 rings (SSSR count). The van der Waals surface area contributed by atoms with E-state index < -0.39 is 0 Å². The highest BCUT2D eigenvalue weighted by atomic mass is 32.2. The Morgan fingerprint density at radius 3 is 2.77 bits per heavy atom. The molecule has 0 spiro atoms. The number of hydrogen-bond donors (Lipinski definition) is 0. The van der Waals surface area contributed by atoms with Gasteiger partial charge < -0.3 is 4.74 Å². The third-order valence-electron chi connectivity index (χ3n) is 5.40. The molecule has 0 atom stereocenters. The predicted octanol–water partition coefficient (Wildman–Crippen LogP) is 3.46. The van der Waals surface area contributed by atoms with E-state index in [4.69, 9.17) is 4.74 Å². The van der Waals surface area contributed by atoms with E-state index in [-0.39, 0.29) is 17.4 Å². The zero-order valence-corrected chi connectivity index (χ0v) is 17.3. The van der Waals surface area contributed by atoms with Gasteiger partial charge in [0.2, 0.25) is 0 Å². The van der Waals surface area contributed by atoms with Crippen molar-refractivity contribution in [2.24, 2.45) is 0 Å². The van der Waals surface area contributed by atoms with E-state index >= 15 is 0 Å². The first-order valence-corrected chi connectivity index (χ1v) is 10.7. The maximum atomic E-state index is 13.5. The van der Waals surface area contributed by atoms with Gasteiger partial charge in [0.15, 0.2) is 5.82 Å². The van der Waals surface area contributed by atoms with Crippen molar-refractivity contribution >= 4 is 17.8 Å². The van der Waals surface area contributed by atoms with Crippen molar-refractivity contribution in [2.75, 3.05) is 18.2 Å². The molecule has 0 saturated carbocycles. The molecule has 0 aliphatic carbocycles. The summed E-state index contributed by atoms with van der Waals surface area (Å²) < 4.78 is 22.6. The van der Waals surface area contributed by atoms with Crippen LogP contribution in [0.1, 0.15) is 16.7 Å². The summed E-state index contributed by atoms with van der Waals surface area (Å²) >= 11 is 1.55. The lowest BCUT2D eigenvalue weighted by molar-refractivity contribution is -0.00285. The first-order valence-electron chi connectivity index (χ1n) is 9.80. The lowest BCUT2D eigenvalue weighted by atomic mass is 10.2. The van der Waals surface area contributed by atoms with E-state index in [1.54, 1.807) is 28.9 Å². The number of para-hydroxylation sites is 1. The highest BCUT2D eigenvalue weighted by molar-refractivity contribution is 7.96. The fourth-order valence-corrected chi connectivity index (χ4v) is 4.78. The standard InChI is InChI=1S/C22H21FN4O2S/c1-15-5-2-3-8-20(15)25-14-24-21-19(22(25)28)10-26(27(21)18-11-29-12-18)30-13-16-6-4-7-17(23)9-16/h2-9,14,18H,10-13H2,1H3. The number of fused-ring (bicyclic) bond motifs is 1. The summed E-state index contributed by atoms with van der Waals surface area (Å²) in [6.45, 7) is 3.62. The SMILES string of the molecule is Cc1ccccc1-n1cnc2c(c1=O)CN(SCc1cccc(F)c1)N2C1COC1. The molecule has 154 valence electrons. The first-order chi connectivity index (χ1) is 14.6. The molecule has 6 nitrogen and oxygen atoms in total. The minimum atomic E-state index is -0.246. The summed E-state index contributed by atoms with van der Waals surface area (Å²) in [5.74, 6) is 1.04. The molecule has 2 aliphatic heterocycles. The molecule has 0 radical (unpaired) electrons. The third kappa shape index (κ3) is 3.40. The summed E-state index contributed by atoms with van der Waals surface area (Å²) in [7, 11) is 0. The Morgan fingerprint density at radius 2 is 2.03 bits per heavy atom. The van der Waals surface area contributed by atoms with Gasteiger partial charge in [-0.2, -0.15) is 4.41 Å². The smallest absolute Gasteiger partial charge is 0.264 e. The van der Waals surface area contributed by atoms with E-state index in [1.807, 2.05) is 37.3 Å². The first kappa shape index (κ1) is 19.3. The molecule has 3 heterocycles. The van der Waals surface area contributed by atoms with Gasteiger partial charge in [0.1, 0.15) is 12.1 Å². The number of ether oxygens (including phenoxy) is 1. The van der Waals surface area contributed by atoms with Crippen LogP contribution in [0, 0.1) is 12.7 Å². The molecule has 8 heteroatoms. The van der Waals surface area contributed by atoms with Crippen LogP contribution in [0.25, 0.3) is 5.69 Å². The number of aromatic nitrogens is 2. The van der Waals surface area contributed by atoms with Crippen molar-refractivity contribution in [3.8, 4) is 5.69 Å². The second kappa shape index (κ2) is 7.86. The van der Waals surface area contributed by atoms with Crippen molar-refractivity contribution in [1.82, 2.24) is 14.0 Å². The number of aryl methyl sites for hydroxylation is 1. The largest absolute Gasteiger partial charge is 0.377 e. The number of rotatable bonds is 5. The zero-order chi connectivity index (χ0) is 20.7. The topological polar surface area (TPSA) is 50.6 Å². The van der Waals surface area contributed by atoms with E-state index in [9.17, 15) is 9.18 Å². The van der Waals surface area contributed by atoms with Crippen LogP contribution in [0.3, 0.4) is 0 Å². The molecule has 0 unspecified atom stereocenters. The van der Waals surface area contributed by atoms with E-state index in [2.05, 4.69) is 14.4 Å². The normalized spacial score (nSPS) is 16.5. The second-order valence-electron chi connectivity index (χ2n) is 7.46. The number of anilines is 1. The molecule has 1 saturated heterocycles. The molecule has 3 aromatic rings. The summed E-state index contributed by atoms with van der Waals surface area (Å²) in [5, 5.41) is 2.06. The Hall–Kier alpha value is -2.68. The molecule has 0 N–H and O–H groups in total. The van der Waals surface area contributed by atoms with E-state index in [0.717, 1.165) is 16.8 Å². The van der Waals surface area contributed by atoms with Crippen LogP contribution in [0.15, 0.2) is 59.7 Å². The monoisotopic (exact) mass is 424 g/mol. The van der Waals surface area contributed by atoms with Crippen LogP contribution in [-0.4, -0.2) is 33.2 Å². The predicted molar refractivity (Wildman–Crippen MR) is 115 cm³/mol. The van der Waals surface area contributed by atoms with Gasteiger partial charge in [0.25, 0.3) is 5.56 Å². The highest BCUT2D eigenvalue weighted by Gasteiger charge is 2.40. The molecule has 1 fully saturated rings. The van der Waals surface area contributed by atoms with Gasteiger partial charge in [-0.15, -0.1) is 0 Å². The second-order valence-corrected chi connectivity index (χ2v) is 8.43. The van der Waals surface area contributed by atoms with Crippen molar-refractivity contribution in [3.05, 3.63) is 87.7 Å². The van der Waals surface area contributed by atoms with Gasteiger partial charge in [-0.25, -0.2) is 9.37 Å². The number of halogens is 1. The molecule has 30 heavy (non-hydrogen) atoms. The summed E-state index contributed by atoms with van der Waals surface area (Å²) in [6, 6.07) is 14.5. The third-order valence-corrected chi connectivity index (χ3v) is 6.47. The average Bonchev–Trinajstić information content (AvgIpc) is 3.06. The summed E-state index contributed by atoms with van der Waals surface area (Å²) in [5.41, 5.74) is 3.35. The molecule has 0 bridgehead atoms.